The average molecular weight is 284 g/mol. The van der Waals surface area contributed by atoms with Crippen molar-refractivity contribution in [2.75, 3.05) is 19.7 Å². The number of rotatable bonds is 7. The number of carbonyl (C=O) groups excluding carboxylic acids is 1. The lowest BCUT2D eigenvalue weighted by molar-refractivity contribution is -0.124. The first kappa shape index (κ1) is 15.7. The van der Waals surface area contributed by atoms with E-state index in [0.29, 0.717) is 31.8 Å². The van der Waals surface area contributed by atoms with Gasteiger partial charge in [-0.05, 0) is 46.0 Å². The number of aliphatic hydroxyl groups excluding tert-OH is 1. The highest BCUT2D eigenvalue weighted by Crippen LogP contribution is 2.35. The number of nitrogens with zero attached hydrogens (tertiary/aromatic N) is 1. The number of aliphatic hydroxyl groups is 1. The first-order chi connectivity index (χ1) is 9.56. The van der Waals surface area contributed by atoms with Crippen LogP contribution < -0.4 is 5.32 Å². The van der Waals surface area contributed by atoms with Crippen molar-refractivity contribution in [3.63, 3.8) is 0 Å². The second kappa shape index (κ2) is 7.38. The summed E-state index contributed by atoms with van der Waals surface area (Å²) < 4.78 is 5.44. The van der Waals surface area contributed by atoms with Crippen LogP contribution >= 0.6 is 0 Å². The van der Waals surface area contributed by atoms with E-state index in [0.717, 1.165) is 32.1 Å². The van der Waals surface area contributed by atoms with Crippen molar-refractivity contribution in [3.8, 4) is 0 Å². The van der Waals surface area contributed by atoms with Crippen LogP contribution in [0.2, 0.25) is 0 Å². The standard InChI is InChI=1S/C15H28N2O3/c1-11(2)20-7-3-6-16-15(19)10-17-12-4-5-13(17)9-14(18)8-12/h11-14,18H,3-10H2,1-2H3,(H,16,19). The fraction of sp³-hybridized carbons (Fsp3) is 0.933. The lowest BCUT2D eigenvalue weighted by atomic mass is 10.00. The second-order valence-corrected chi connectivity index (χ2v) is 6.31. The quantitative estimate of drug-likeness (QED) is 0.682. The fourth-order valence-electron chi connectivity index (χ4n) is 3.34. The van der Waals surface area contributed by atoms with E-state index in [1.54, 1.807) is 0 Å². The molecule has 20 heavy (non-hydrogen) atoms. The molecule has 2 atom stereocenters. The Hall–Kier alpha value is -0.650. The molecule has 2 unspecified atom stereocenters. The number of hydrogen-bond acceptors (Lipinski definition) is 4. The molecule has 5 nitrogen and oxygen atoms in total. The van der Waals surface area contributed by atoms with Gasteiger partial charge in [-0.25, -0.2) is 0 Å². The Morgan fingerprint density at radius 3 is 2.60 bits per heavy atom. The topological polar surface area (TPSA) is 61.8 Å². The Labute approximate surface area is 121 Å². The van der Waals surface area contributed by atoms with Crippen molar-refractivity contribution < 1.29 is 14.6 Å². The van der Waals surface area contributed by atoms with Crippen LogP contribution in [-0.4, -0.2) is 59.9 Å². The largest absolute Gasteiger partial charge is 0.393 e. The van der Waals surface area contributed by atoms with Gasteiger partial charge in [-0.15, -0.1) is 0 Å². The van der Waals surface area contributed by atoms with Gasteiger partial charge >= 0.3 is 0 Å². The molecule has 0 saturated carbocycles. The normalized spacial score (nSPS) is 29.9. The summed E-state index contributed by atoms with van der Waals surface area (Å²) in [7, 11) is 0. The minimum Gasteiger partial charge on any atom is -0.393 e. The number of amides is 1. The third kappa shape index (κ3) is 4.43. The predicted molar refractivity (Wildman–Crippen MR) is 77.5 cm³/mol. The number of carbonyl (C=O) groups is 1. The predicted octanol–water partition coefficient (Wildman–Crippen LogP) is 0.905. The molecule has 2 aliphatic heterocycles. The molecule has 2 saturated heterocycles. The molecule has 0 spiro atoms. The third-order valence-electron chi connectivity index (χ3n) is 4.28. The summed E-state index contributed by atoms with van der Waals surface area (Å²) in [4.78, 5) is 14.2. The van der Waals surface area contributed by atoms with Crippen LogP contribution in [0.4, 0.5) is 0 Å². The molecule has 2 heterocycles. The van der Waals surface area contributed by atoms with Crippen molar-refractivity contribution in [2.24, 2.45) is 0 Å². The van der Waals surface area contributed by atoms with E-state index in [1.165, 1.54) is 0 Å². The number of ether oxygens (including phenoxy) is 1. The molecule has 0 aromatic heterocycles. The van der Waals surface area contributed by atoms with Crippen molar-refractivity contribution >= 4 is 5.91 Å². The van der Waals surface area contributed by atoms with Gasteiger partial charge in [-0.2, -0.15) is 0 Å². The number of piperidine rings is 1. The smallest absolute Gasteiger partial charge is 0.234 e. The highest BCUT2D eigenvalue weighted by Gasteiger charge is 2.40. The van der Waals surface area contributed by atoms with Gasteiger partial charge in [0.25, 0.3) is 0 Å². The molecular weight excluding hydrogens is 256 g/mol. The summed E-state index contributed by atoms with van der Waals surface area (Å²) in [6.07, 6.45) is 4.84. The summed E-state index contributed by atoms with van der Waals surface area (Å²) >= 11 is 0. The molecule has 0 aromatic rings. The molecule has 116 valence electrons. The summed E-state index contributed by atoms with van der Waals surface area (Å²) in [5.74, 6) is 0.0998. The monoisotopic (exact) mass is 284 g/mol. The first-order valence-electron chi connectivity index (χ1n) is 7.88. The number of hydrogen-bond donors (Lipinski definition) is 2. The molecule has 1 amide bonds. The lowest BCUT2D eigenvalue weighted by Gasteiger charge is -2.36. The van der Waals surface area contributed by atoms with Crippen LogP contribution in [0.1, 0.15) is 46.0 Å². The molecular formula is C15H28N2O3. The van der Waals surface area contributed by atoms with Gasteiger partial charge in [0.2, 0.25) is 5.91 Å². The minimum atomic E-state index is -0.167. The second-order valence-electron chi connectivity index (χ2n) is 6.31. The molecule has 0 aliphatic carbocycles. The van der Waals surface area contributed by atoms with E-state index in [9.17, 15) is 9.90 Å². The molecule has 0 aromatic carbocycles. The summed E-state index contributed by atoms with van der Waals surface area (Å²) in [6.45, 7) is 5.88. The summed E-state index contributed by atoms with van der Waals surface area (Å²) in [5, 5.41) is 12.7. The Morgan fingerprint density at radius 2 is 2.00 bits per heavy atom. The fourth-order valence-corrected chi connectivity index (χ4v) is 3.34. The van der Waals surface area contributed by atoms with Crippen LogP contribution in [0, 0.1) is 0 Å². The molecule has 2 aliphatic rings. The van der Waals surface area contributed by atoms with Gasteiger partial charge in [0.1, 0.15) is 0 Å². The Morgan fingerprint density at radius 1 is 1.35 bits per heavy atom. The SMILES string of the molecule is CC(C)OCCCNC(=O)CN1C2CCC1CC(O)C2. The number of fused-ring (bicyclic) bond motifs is 2. The molecule has 5 heteroatoms. The number of nitrogens with one attached hydrogen (secondary N) is 1. The van der Waals surface area contributed by atoms with Gasteiger partial charge in [0, 0.05) is 25.2 Å². The molecule has 2 fully saturated rings. The Kier molecular flexibility index (Phi) is 5.81. The maximum atomic E-state index is 12.0. The summed E-state index contributed by atoms with van der Waals surface area (Å²) in [5.41, 5.74) is 0. The van der Waals surface area contributed by atoms with E-state index in [1.807, 2.05) is 13.8 Å². The van der Waals surface area contributed by atoms with Crippen LogP contribution in [0.25, 0.3) is 0 Å². The van der Waals surface area contributed by atoms with Gasteiger partial charge in [0.05, 0.1) is 18.8 Å². The maximum Gasteiger partial charge on any atom is 0.234 e. The highest BCUT2D eigenvalue weighted by molar-refractivity contribution is 5.78. The van der Waals surface area contributed by atoms with E-state index in [4.69, 9.17) is 4.74 Å². The van der Waals surface area contributed by atoms with Crippen molar-refractivity contribution in [2.45, 2.75) is 70.2 Å². The van der Waals surface area contributed by atoms with Crippen LogP contribution in [0.5, 0.6) is 0 Å². The van der Waals surface area contributed by atoms with Crippen LogP contribution in [0.3, 0.4) is 0 Å². The average Bonchev–Trinajstić information content (AvgIpc) is 2.60. The van der Waals surface area contributed by atoms with Crippen LogP contribution in [0.15, 0.2) is 0 Å². The Balaban J connectivity index is 1.63. The van der Waals surface area contributed by atoms with E-state index in [-0.39, 0.29) is 18.1 Å². The van der Waals surface area contributed by atoms with E-state index < -0.39 is 0 Å². The van der Waals surface area contributed by atoms with Crippen molar-refractivity contribution in [1.82, 2.24) is 10.2 Å². The van der Waals surface area contributed by atoms with Crippen LogP contribution in [-0.2, 0) is 9.53 Å². The zero-order valence-corrected chi connectivity index (χ0v) is 12.7. The van der Waals surface area contributed by atoms with Gasteiger partial charge in [0.15, 0.2) is 0 Å². The van der Waals surface area contributed by atoms with E-state index >= 15 is 0 Å². The minimum absolute atomic E-state index is 0.0998. The Bertz CT molecular complexity index is 308. The van der Waals surface area contributed by atoms with Gasteiger partial charge in [-0.1, -0.05) is 0 Å². The summed E-state index contributed by atoms with van der Waals surface area (Å²) in [6, 6.07) is 0.803. The van der Waals surface area contributed by atoms with Gasteiger partial charge < -0.3 is 15.2 Å². The lowest BCUT2D eigenvalue weighted by Crippen LogP contribution is -2.49. The molecule has 2 rings (SSSR count). The molecule has 0 radical (unpaired) electrons. The van der Waals surface area contributed by atoms with E-state index in [2.05, 4.69) is 10.2 Å². The van der Waals surface area contributed by atoms with Crippen molar-refractivity contribution in [1.29, 1.82) is 0 Å². The molecule has 2 bridgehead atoms. The zero-order chi connectivity index (χ0) is 14.5. The molecule has 2 N–H and O–H groups in total. The highest BCUT2D eigenvalue weighted by atomic mass is 16.5. The maximum absolute atomic E-state index is 12.0. The third-order valence-corrected chi connectivity index (χ3v) is 4.28. The zero-order valence-electron chi connectivity index (χ0n) is 12.7. The van der Waals surface area contributed by atoms with Gasteiger partial charge in [-0.3, -0.25) is 9.69 Å². The first-order valence-corrected chi connectivity index (χ1v) is 7.88. The van der Waals surface area contributed by atoms with Crippen molar-refractivity contribution in [3.05, 3.63) is 0 Å².